The highest BCUT2D eigenvalue weighted by atomic mass is 16.5. The van der Waals surface area contributed by atoms with Crippen LogP contribution in [-0.4, -0.2) is 37.8 Å². The average Bonchev–Trinajstić information content (AvgIpc) is 2.45. The van der Waals surface area contributed by atoms with Crippen LogP contribution in [0.2, 0.25) is 0 Å². The van der Waals surface area contributed by atoms with Crippen LogP contribution in [0.1, 0.15) is 25.3 Å². The second-order valence-corrected chi connectivity index (χ2v) is 4.72. The fourth-order valence-electron chi connectivity index (χ4n) is 2.39. The Labute approximate surface area is 109 Å². The summed E-state index contributed by atoms with van der Waals surface area (Å²) in [6, 6.07) is 4.71. The van der Waals surface area contributed by atoms with Crippen LogP contribution in [0, 0.1) is 0 Å². The summed E-state index contributed by atoms with van der Waals surface area (Å²) < 4.78 is 5.42. The van der Waals surface area contributed by atoms with Gasteiger partial charge in [0.15, 0.2) is 0 Å². The maximum atomic E-state index is 5.42. The summed E-state index contributed by atoms with van der Waals surface area (Å²) >= 11 is 0. The highest BCUT2D eigenvalue weighted by Gasteiger charge is 2.21. The van der Waals surface area contributed by atoms with Crippen LogP contribution in [-0.2, 0) is 11.3 Å². The van der Waals surface area contributed by atoms with Gasteiger partial charge >= 0.3 is 0 Å². The first-order valence-electron chi connectivity index (χ1n) is 6.78. The van der Waals surface area contributed by atoms with Gasteiger partial charge in [0.2, 0.25) is 0 Å². The minimum Gasteiger partial charge on any atom is -0.381 e. The Bertz CT molecular complexity index is 364. The minimum atomic E-state index is 0.550. The molecule has 18 heavy (non-hydrogen) atoms. The van der Waals surface area contributed by atoms with Crippen molar-refractivity contribution in [1.82, 2.24) is 10.3 Å². The summed E-state index contributed by atoms with van der Waals surface area (Å²) in [4.78, 5) is 6.87. The Balaban J connectivity index is 2.10. The monoisotopic (exact) mass is 249 g/mol. The van der Waals surface area contributed by atoms with Crippen molar-refractivity contribution < 1.29 is 4.74 Å². The molecule has 2 rings (SSSR count). The van der Waals surface area contributed by atoms with E-state index in [4.69, 9.17) is 4.74 Å². The number of aromatic nitrogens is 1. The first-order valence-corrected chi connectivity index (χ1v) is 6.78. The molecule has 0 bridgehead atoms. The number of ether oxygens (including phenoxy) is 1. The van der Waals surface area contributed by atoms with Gasteiger partial charge in [-0.1, -0.05) is 13.0 Å². The fraction of sp³-hybridized carbons (Fsp3) is 0.643. The predicted octanol–water partition coefficient (Wildman–Crippen LogP) is 1.81. The molecule has 1 aliphatic rings. The lowest BCUT2D eigenvalue weighted by Gasteiger charge is -2.33. The molecule has 0 aromatic carbocycles. The molecule has 1 N–H and O–H groups in total. The maximum absolute atomic E-state index is 5.42. The molecule has 0 radical (unpaired) electrons. The SMILES string of the molecule is CCNCc1cccnc1N(C)C1CCOCC1. The van der Waals surface area contributed by atoms with Crippen molar-refractivity contribution in [2.75, 3.05) is 31.7 Å². The molecule has 4 heteroatoms. The number of hydrogen-bond donors (Lipinski definition) is 1. The Hall–Kier alpha value is -1.13. The van der Waals surface area contributed by atoms with E-state index in [0.717, 1.165) is 45.0 Å². The Morgan fingerprint density at radius 2 is 2.22 bits per heavy atom. The van der Waals surface area contributed by atoms with Crippen LogP contribution in [0.15, 0.2) is 18.3 Å². The zero-order valence-corrected chi connectivity index (χ0v) is 11.4. The zero-order valence-electron chi connectivity index (χ0n) is 11.4. The van der Waals surface area contributed by atoms with Gasteiger partial charge in [0.05, 0.1) is 0 Å². The molecule has 1 aromatic heterocycles. The quantitative estimate of drug-likeness (QED) is 0.863. The van der Waals surface area contributed by atoms with E-state index >= 15 is 0 Å². The summed E-state index contributed by atoms with van der Waals surface area (Å²) in [6.45, 7) is 5.72. The first kappa shape index (κ1) is 13.3. The summed E-state index contributed by atoms with van der Waals surface area (Å²) in [5.74, 6) is 1.10. The first-order chi connectivity index (χ1) is 8.83. The van der Waals surface area contributed by atoms with Crippen LogP contribution in [0.3, 0.4) is 0 Å². The molecule has 2 heterocycles. The lowest BCUT2D eigenvalue weighted by Crippen LogP contribution is -2.37. The molecule has 0 aliphatic carbocycles. The number of hydrogen-bond acceptors (Lipinski definition) is 4. The normalized spacial score (nSPS) is 16.8. The Morgan fingerprint density at radius 1 is 1.44 bits per heavy atom. The van der Waals surface area contributed by atoms with E-state index in [0.29, 0.717) is 6.04 Å². The third kappa shape index (κ3) is 3.21. The fourth-order valence-corrected chi connectivity index (χ4v) is 2.39. The van der Waals surface area contributed by atoms with Gasteiger partial charge in [-0.05, 0) is 25.5 Å². The van der Waals surface area contributed by atoms with Crippen LogP contribution < -0.4 is 10.2 Å². The van der Waals surface area contributed by atoms with Gasteiger partial charge in [0.1, 0.15) is 5.82 Å². The lowest BCUT2D eigenvalue weighted by atomic mass is 10.1. The second-order valence-electron chi connectivity index (χ2n) is 4.72. The Morgan fingerprint density at radius 3 is 2.94 bits per heavy atom. The Kier molecular flexibility index (Phi) is 4.96. The van der Waals surface area contributed by atoms with E-state index in [1.165, 1.54) is 5.56 Å². The average molecular weight is 249 g/mol. The zero-order chi connectivity index (χ0) is 12.8. The highest BCUT2D eigenvalue weighted by Crippen LogP contribution is 2.22. The molecule has 1 aliphatic heterocycles. The van der Waals surface area contributed by atoms with E-state index in [9.17, 15) is 0 Å². The van der Waals surface area contributed by atoms with Crippen molar-refractivity contribution in [2.45, 2.75) is 32.4 Å². The van der Waals surface area contributed by atoms with Gasteiger partial charge in [-0.15, -0.1) is 0 Å². The standard InChI is InChI=1S/C14H23N3O/c1-3-15-11-12-5-4-8-16-14(12)17(2)13-6-9-18-10-7-13/h4-5,8,13,15H,3,6-7,9-11H2,1-2H3. The van der Waals surface area contributed by atoms with Crippen molar-refractivity contribution in [1.29, 1.82) is 0 Å². The molecule has 4 nitrogen and oxygen atoms in total. The van der Waals surface area contributed by atoms with Crippen molar-refractivity contribution in [2.24, 2.45) is 0 Å². The van der Waals surface area contributed by atoms with Crippen LogP contribution in [0.5, 0.6) is 0 Å². The van der Waals surface area contributed by atoms with E-state index in [1.54, 1.807) is 0 Å². The lowest BCUT2D eigenvalue weighted by molar-refractivity contribution is 0.0853. The van der Waals surface area contributed by atoms with Crippen LogP contribution in [0.25, 0.3) is 0 Å². The summed E-state index contributed by atoms with van der Waals surface area (Å²) in [5.41, 5.74) is 1.27. The molecule has 1 fully saturated rings. The molecule has 0 amide bonds. The molecule has 1 aromatic rings. The van der Waals surface area contributed by atoms with Gasteiger partial charge in [0.25, 0.3) is 0 Å². The molecular weight excluding hydrogens is 226 g/mol. The highest BCUT2D eigenvalue weighted by molar-refractivity contribution is 5.47. The van der Waals surface area contributed by atoms with E-state index in [2.05, 4.69) is 35.2 Å². The van der Waals surface area contributed by atoms with E-state index in [-0.39, 0.29) is 0 Å². The van der Waals surface area contributed by atoms with Gasteiger partial charge in [-0.25, -0.2) is 4.98 Å². The van der Waals surface area contributed by atoms with Gasteiger partial charge in [-0.3, -0.25) is 0 Å². The van der Waals surface area contributed by atoms with Crippen LogP contribution >= 0.6 is 0 Å². The molecule has 1 saturated heterocycles. The number of pyridine rings is 1. The van der Waals surface area contributed by atoms with Crippen molar-refractivity contribution in [3.8, 4) is 0 Å². The topological polar surface area (TPSA) is 37.4 Å². The van der Waals surface area contributed by atoms with Gasteiger partial charge in [-0.2, -0.15) is 0 Å². The summed E-state index contributed by atoms with van der Waals surface area (Å²) in [5, 5.41) is 3.37. The number of rotatable bonds is 5. The third-order valence-electron chi connectivity index (χ3n) is 3.51. The molecule has 0 atom stereocenters. The molecular formula is C14H23N3O. The summed E-state index contributed by atoms with van der Waals surface area (Å²) in [6.07, 6.45) is 4.06. The van der Waals surface area contributed by atoms with E-state index in [1.807, 2.05) is 12.3 Å². The largest absolute Gasteiger partial charge is 0.381 e. The number of anilines is 1. The van der Waals surface area contributed by atoms with Crippen molar-refractivity contribution in [3.63, 3.8) is 0 Å². The summed E-state index contributed by atoms with van der Waals surface area (Å²) in [7, 11) is 2.15. The minimum absolute atomic E-state index is 0.550. The van der Waals surface area contributed by atoms with Gasteiger partial charge in [0, 0.05) is 44.6 Å². The molecule has 100 valence electrons. The third-order valence-corrected chi connectivity index (χ3v) is 3.51. The second kappa shape index (κ2) is 6.71. The number of nitrogens with one attached hydrogen (secondary N) is 1. The maximum Gasteiger partial charge on any atom is 0.133 e. The molecule has 0 saturated carbocycles. The van der Waals surface area contributed by atoms with Crippen molar-refractivity contribution in [3.05, 3.63) is 23.9 Å². The number of nitrogens with zero attached hydrogens (tertiary/aromatic N) is 2. The predicted molar refractivity (Wildman–Crippen MR) is 73.9 cm³/mol. The van der Waals surface area contributed by atoms with Crippen LogP contribution in [0.4, 0.5) is 5.82 Å². The molecule has 0 unspecified atom stereocenters. The smallest absolute Gasteiger partial charge is 0.133 e. The van der Waals surface area contributed by atoms with Crippen molar-refractivity contribution >= 4 is 5.82 Å². The van der Waals surface area contributed by atoms with Gasteiger partial charge < -0.3 is 15.0 Å². The van der Waals surface area contributed by atoms with E-state index < -0.39 is 0 Å². The molecule has 0 spiro atoms.